The highest BCUT2D eigenvalue weighted by atomic mass is 19.3. The monoisotopic (exact) mass is 335 g/mol. The fourth-order valence-electron chi connectivity index (χ4n) is 2.22. The number of carbonyl (C=O) groups is 1. The Bertz CT molecular complexity index is 702. The maximum atomic E-state index is 12.3. The van der Waals surface area contributed by atoms with Gasteiger partial charge in [0.1, 0.15) is 0 Å². The Morgan fingerprint density at radius 2 is 1.75 bits per heavy atom. The van der Waals surface area contributed by atoms with Crippen LogP contribution in [0.4, 0.5) is 8.78 Å². The van der Waals surface area contributed by atoms with Crippen molar-refractivity contribution in [1.82, 2.24) is 5.32 Å². The van der Waals surface area contributed by atoms with Crippen LogP contribution in [0.3, 0.4) is 0 Å². The summed E-state index contributed by atoms with van der Waals surface area (Å²) in [5.74, 6) is -0.369. The maximum Gasteiger partial charge on any atom is 0.387 e. The summed E-state index contributed by atoms with van der Waals surface area (Å²) in [4.78, 5) is 12.3. The number of carbonyl (C=O) groups excluding carboxylic acids is 1. The van der Waals surface area contributed by atoms with Crippen LogP contribution in [0.5, 0.6) is 11.5 Å². The molecule has 128 valence electrons. The molecule has 4 nitrogen and oxygen atoms in total. The maximum absolute atomic E-state index is 12.3. The Kier molecular flexibility index (Phi) is 5.73. The number of rotatable bonds is 6. The number of halogens is 2. The Hall–Kier alpha value is -2.63. The molecule has 0 radical (unpaired) electrons. The van der Waals surface area contributed by atoms with E-state index in [-0.39, 0.29) is 23.4 Å². The molecule has 0 bridgehead atoms. The Labute approximate surface area is 139 Å². The van der Waals surface area contributed by atoms with E-state index >= 15 is 0 Å². The molecule has 0 aliphatic carbocycles. The Morgan fingerprint density at radius 3 is 2.33 bits per heavy atom. The highest BCUT2D eigenvalue weighted by Crippen LogP contribution is 2.29. The molecule has 2 aromatic rings. The summed E-state index contributed by atoms with van der Waals surface area (Å²) in [7, 11) is 1.32. The summed E-state index contributed by atoms with van der Waals surface area (Å²) in [6.07, 6.45) is 0. The van der Waals surface area contributed by atoms with Gasteiger partial charge in [-0.15, -0.1) is 0 Å². The summed E-state index contributed by atoms with van der Waals surface area (Å²) < 4.78 is 34.0. The second-order valence-corrected chi connectivity index (χ2v) is 5.35. The molecular weight excluding hydrogens is 316 g/mol. The van der Waals surface area contributed by atoms with Gasteiger partial charge in [-0.05, 0) is 37.6 Å². The highest BCUT2D eigenvalue weighted by Gasteiger charge is 2.16. The van der Waals surface area contributed by atoms with Crippen LogP contribution in [-0.2, 0) is 0 Å². The number of alkyl halides is 2. The normalized spacial score (nSPS) is 11.9. The molecule has 1 unspecified atom stereocenters. The van der Waals surface area contributed by atoms with Gasteiger partial charge in [0.2, 0.25) is 0 Å². The Morgan fingerprint density at radius 1 is 1.08 bits per heavy atom. The standard InChI is InChI=1S/C18H19F2NO3/c1-11-4-6-13(7-5-11)12(2)21-17(22)14-8-9-15(24-18(19)20)16(10-14)23-3/h4-10,12,18H,1-3H3,(H,21,22). The lowest BCUT2D eigenvalue weighted by Crippen LogP contribution is -2.26. The summed E-state index contributed by atoms with van der Waals surface area (Å²) in [6, 6.07) is 11.7. The van der Waals surface area contributed by atoms with E-state index in [0.717, 1.165) is 11.1 Å². The van der Waals surface area contributed by atoms with Crippen molar-refractivity contribution >= 4 is 5.91 Å². The third-order valence-electron chi connectivity index (χ3n) is 3.57. The van der Waals surface area contributed by atoms with Crippen molar-refractivity contribution < 1.29 is 23.0 Å². The smallest absolute Gasteiger partial charge is 0.387 e. The van der Waals surface area contributed by atoms with Crippen molar-refractivity contribution in [3.05, 3.63) is 59.2 Å². The molecule has 0 aliphatic rings. The number of methoxy groups -OCH3 is 1. The van der Waals surface area contributed by atoms with Crippen molar-refractivity contribution in [3.63, 3.8) is 0 Å². The summed E-state index contributed by atoms with van der Waals surface area (Å²) in [5, 5.41) is 2.86. The molecule has 1 atom stereocenters. The average molecular weight is 335 g/mol. The largest absolute Gasteiger partial charge is 0.493 e. The number of ether oxygens (including phenoxy) is 2. The number of nitrogens with one attached hydrogen (secondary N) is 1. The van der Waals surface area contributed by atoms with E-state index in [0.29, 0.717) is 5.56 Å². The summed E-state index contributed by atoms with van der Waals surface area (Å²) in [5.41, 5.74) is 2.41. The first-order valence-corrected chi connectivity index (χ1v) is 7.41. The first-order valence-electron chi connectivity index (χ1n) is 7.41. The molecule has 1 N–H and O–H groups in total. The van der Waals surface area contributed by atoms with E-state index in [2.05, 4.69) is 10.1 Å². The fourth-order valence-corrected chi connectivity index (χ4v) is 2.22. The van der Waals surface area contributed by atoms with Gasteiger partial charge in [-0.25, -0.2) is 0 Å². The van der Waals surface area contributed by atoms with Gasteiger partial charge in [-0.1, -0.05) is 29.8 Å². The van der Waals surface area contributed by atoms with E-state index in [1.165, 1.54) is 25.3 Å². The van der Waals surface area contributed by atoms with Gasteiger partial charge >= 0.3 is 6.61 Å². The van der Waals surface area contributed by atoms with Crippen LogP contribution in [0.2, 0.25) is 0 Å². The number of aryl methyl sites for hydroxylation is 1. The molecular formula is C18H19F2NO3. The predicted octanol–water partition coefficient (Wildman–Crippen LogP) is 4.10. The molecule has 0 aromatic heterocycles. The van der Waals surface area contributed by atoms with Gasteiger partial charge in [-0.2, -0.15) is 8.78 Å². The van der Waals surface area contributed by atoms with Crippen molar-refractivity contribution in [2.45, 2.75) is 26.5 Å². The van der Waals surface area contributed by atoms with E-state index in [1.807, 2.05) is 38.1 Å². The zero-order valence-corrected chi connectivity index (χ0v) is 13.7. The molecule has 0 saturated carbocycles. The predicted molar refractivity (Wildman–Crippen MR) is 86.7 cm³/mol. The van der Waals surface area contributed by atoms with Crippen molar-refractivity contribution in [1.29, 1.82) is 0 Å². The van der Waals surface area contributed by atoms with Gasteiger partial charge in [0.15, 0.2) is 11.5 Å². The van der Waals surface area contributed by atoms with Gasteiger partial charge in [-0.3, -0.25) is 4.79 Å². The lowest BCUT2D eigenvalue weighted by atomic mass is 10.1. The van der Waals surface area contributed by atoms with Gasteiger partial charge in [0.25, 0.3) is 5.91 Å². The lowest BCUT2D eigenvalue weighted by Gasteiger charge is -2.16. The first-order chi connectivity index (χ1) is 11.4. The average Bonchev–Trinajstić information content (AvgIpc) is 2.55. The van der Waals surface area contributed by atoms with Gasteiger partial charge in [0, 0.05) is 5.56 Å². The lowest BCUT2D eigenvalue weighted by molar-refractivity contribution is -0.0512. The van der Waals surface area contributed by atoms with Crippen LogP contribution >= 0.6 is 0 Å². The van der Waals surface area contributed by atoms with Gasteiger partial charge < -0.3 is 14.8 Å². The summed E-state index contributed by atoms with van der Waals surface area (Å²) >= 11 is 0. The van der Waals surface area contributed by atoms with E-state index in [1.54, 1.807) is 0 Å². The van der Waals surface area contributed by atoms with Crippen molar-refractivity contribution in [2.24, 2.45) is 0 Å². The third-order valence-corrected chi connectivity index (χ3v) is 3.57. The van der Waals surface area contributed by atoms with Crippen LogP contribution in [0.25, 0.3) is 0 Å². The molecule has 1 amide bonds. The van der Waals surface area contributed by atoms with Crippen molar-refractivity contribution in [2.75, 3.05) is 7.11 Å². The van der Waals surface area contributed by atoms with Crippen LogP contribution < -0.4 is 14.8 Å². The van der Waals surface area contributed by atoms with Crippen LogP contribution in [0.1, 0.15) is 34.5 Å². The van der Waals surface area contributed by atoms with Crippen LogP contribution in [0, 0.1) is 6.92 Å². The Balaban J connectivity index is 2.12. The minimum Gasteiger partial charge on any atom is -0.493 e. The third kappa shape index (κ3) is 4.44. The number of hydrogen-bond acceptors (Lipinski definition) is 3. The molecule has 0 saturated heterocycles. The van der Waals surface area contributed by atoms with Crippen molar-refractivity contribution in [3.8, 4) is 11.5 Å². The molecule has 0 fully saturated rings. The quantitative estimate of drug-likeness (QED) is 0.865. The molecule has 0 spiro atoms. The molecule has 24 heavy (non-hydrogen) atoms. The second kappa shape index (κ2) is 7.77. The minimum atomic E-state index is -2.96. The number of amides is 1. The SMILES string of the molecule is COc1cc(C(=O)NC(C)c2ccc(C)cc2)ccc1OC(F)F. The number of benzene rings is 2. The topological polar surface area (TPSA) is 47.6 Å². The first kappa shape index (κ1) is 17.7. The van der Waals surface area contributed by atoms with E-state index in [4.69, 9.17) is 4.74 Å². The number of hydrogen-bond donors (Lipinski definition) is 1. The zero-order chi connectivity index (χ0) is 17.7. The van der Waals surface area contributed by atoms with E-state index in [9.17, 15) is 13.6 Å². The fraction of sp³-hybridized carbons (Fsp3) is 0.278. The van der Waals surface area contributed by atoms with E-state index < -0.39 is 6.61 Å². The minimum absolute atomic E-state index is 0.0749. The highest BCUT2D eigenvalue weighted by molar-refractivity contribution is 5.95. The second-order valence-electron chi connectivity index (χ2n) is 5.35. The molecule has 6 heteroatoms. The van der Waals surface area contributed by atoms with Crippen LogP contribution in [0.15, 0.2) is 42.5 Å². The zero-order valence-electron chi connectivity index (χ0n) is 13.7. The molecule has 0 heterocycles. The molecule has 2 aromatic carbocycles. The van der Waals surface area contributed by atoms with Crippen LogP contribution in [-0.4, -0.2) is 19.6 Å². The van der Waals surface area contributed by atoms with Gasteiger partial charge in [0.05, 0.1) is 13.2 Å². The molecule has 0 aliphatic heterocycles. The molecule has 2 rings (SSSR count). The summed E-state index contributed by atoms with van der Waals surface area (Å²) in [6.45, 7) is 0.899.